The van der Waals surface area contributed by atoms with Gasteiger partial charge in [-0.05, 0) is 67.8 Å². The number of fused-ring (bicyclic) bond motifs is 1. The van der Waals surface area contributed by atoms with E-state index in [9.17, 15) is 9.18 Å². The molecule has 8 nitrogen and oxygen atoms in total. The van der Waals surface area contributed by atoms with Gasteiger partial charge in [0.25, 0.3) is 5.91 Å². The maximum absolute atomic E-state index is 14.5. The Morgan fingerprint density at radius 1 is 1.33 bits per heavy atom. The van der Waals surface area contributed by atoms with Gasteiger partial charge in [-0.15, -0.1) is 0 Å². The Morgan fingerprint density at radius 3 is 2.97 bits per heavy atom. The van der Waals surface area contributed by atoms with E-state index in [-0.39, 0.29) is 23.8 Å². The van der Waals surface area contributed by atoms with Crippen LogP contribution in [0.25, 0.3) is 0 Å². The number of allylic oxidation sites excluding steroid dienone is 2. The van der Waals surface area contributed by atoms with Crippen LogP contribution in [0.2, 0.25) is 0 Å². The number of carbonyl (C=O) groups excluding carboxylic acids is 1. The summed E-state index contributed by atoms with van der Waals surface area (Å²) in [6.07, 6.45) is 6.49. The molecule has 1 fully saturated rings. The number of carbonyl (C=O) groups is 1. The molecule has 2 heterocycles. The number of anilines is 1. The highest BCUT2D eigenvalue weighted by Gasteiger charge is 2.28. The summed E-state index contributed by atoms with van der Waals surface area (Å²) in [4.78, 5) is 24.5. The Labute approximate surface area is 228 Å². The molecule has 3 N–H and O–H groups in total. The fourth-order valence-electron chi connectivity index (χ4n) is 5.46. The van der Waals surface area contributed by atoms with Gasteiger partial charge in [0.05, 0.1) is 12.8 Å². The highest BCUT2D eigenvalue weighted by atomic mass is 19.1. The first-order chi connectivity index (χ1) is 18.9. The van der Waals surface area contributed by atoms with Gasteiger partial charge in [-0.3, -0.25) is 14.7 Å². The molecule has 2 aromatic rings. The van der Waals surface area contributed by atoms with Crippen molar-refractivity contribution in [2.45, 2.75) is 44.8 Å². The zero-order valence-corrected chi connectivity index (χ0v) is 22.5. The number of amides is 1. The minimum atomic E-state index is -0.287. The minimum absolute atomic E-state index is 0.0100. The molecule has 2 atom stereocenters. The van der Waals surface area contributed by atoms with Crippen molar-refractivity contribution < 1.29 is 18.7 Å². The molecule has 5 rings (SSSR count). The molecule has 3 aliphatic rings. The van der Waals surface area contributed by atoms with Crippen LogP contribution in [0.15, 0.2) is 69.9 Å². The van der Waals surface area contributed by atoms with Crippen molar-refractivity contribution in [2.75, 3.05) is 33.0 Å². The summed E-state index contributed by atoms with van der Waals surface area (Å²) in [5.74, 6) is 1.52. The number of piperidine rings is 1. The van der Waals surface area contributed by atoms with Crippen molar-refractivity contribution in [1.29, 1.82) is 0 Å². The summed E-state index contributed by atoms with van der Waals surface area (Å²) in [7, 11) is 3.26. The first-order valence-electron chi connectivity index (χ1n) is 13.2. The maximum Gasteiger partial charge on any atom is 0.251 e. The number of halogens is 1. The van der Waals surface area contributed by atoms with Crippen LogP contribution < -0.4 is 15.8 Å². The predicted octanol–water partition coefficient (Wildman–Crippen LogP) is 4.26. The predicted molar refractivity (Wildman–Crippen MR) is 151 cm³/mol. The standard InChI is InChI=1S/C30H34FN5O3/c1-18-34-26-12-10-19(15-28(26)39-18)29(33-2)22-14-20(9-11-25(22)32)30(37)35-21-6-5-13-36(16-21)17-23-24(31)7-4-8-27(23)38-3/h4,7-11,14-15,21,26H,5-6,12-13,16-17,32H2,1-3H3,(H,35,37). The average Bonchev–Trinajstić information content (AvgIpc) is 3.31. The highest BCUT2D eigenvalue weighted by Crippen LogP contribution is 2.30. The number of likely N-dealkylation sites (tertiary alicyclic amines) is 1. The van der Waals surface area contributed by atoms with Crippen molar-refractivity contribution >= 4 is 23.2 Å². The molecule has 1 aliphatic carbocycles. The second-order valence-electron chi connectivity index (χ2n) is 10.1. The van der Waals surface area contributed by atoms with E-state index in [0.29, 0.717) is 59.2 Å². The molecule has 204 valence electrons. The summed E-state index contributed by atoms with van der Waals surface area (Å²) < 4.78 is 25.6. The molecule has 39 heavy (non-hydrogen) atoms. The van der Waals surface area contributed by atoms with Crippen molar-refractivity contribution in [2.24, 2.45) is 9.98 Å². The van der Waals surface area contributed by atoms with E-state index in [4.69, 9.17) is 15.2 Å². The molecule has 0 spiro atoms. The lowest BCUT2D eigenvalue weighted by Crippen LogP contribution is -2.47. The number of ether oxygens (including phenoxy) is 2. The summed E-state index contributed by atoms with van der Waals surface area (Å²) >= 11 is 0. The first kappa shape index (κ1) is 26.6. The summed E-state index contributed by atoms with van der Waals surface area (Å²) in [6, 6.07) is 10.1. The summed E-state index contributed by atoms with van der Waals surface area (Å²) in [6.45, 7) is 3.71. The summed E-state index contributed by atoms with van der Waals surface area (Å²) in [5.41, 5.74) is 10.2. The van der Waals surface area contributed by atoms with Crippen molar-refractivity contribution in [1.82, 2.24) is 10.2 Å². The SMILES string of the molecule is CN=C(C1=CCC2N=C(C)OC2=C1)c1cc(C(=O)NC2CCCN(Cc3c(F)cccc3OC)C2)ccc1N. The molecule has 0 radical (unpaired) electrons. The summed E-state index contributed by atoms with van der Waals surface area (Å²) in [5, 5.41) is 3.16. The number of nitrogens with two attached hydrogens (primary N) is 1. The minimum Gasteiger partial charge on any atom is -0.496 e. The van der Waals surface area contributed by atoms with Crippen molar-refractivity contribution in [3.8, 4) is 5.75 Å². The monoisotopic (exact) mass is 531 g/mol. The number of nitrogens with one attached hydrogen (secondary N) is 1. The van der Waals surface area contributed by atoms with E-state index >= 15 is 0 Å². The fraction of sp³-hybridized carbons (Fsp3) is 0.367. The number of nitrogen functional groups attached to an aromatic ring is 1. The Kier molecular flexibility index (Phi) is 7.79. The molecule has 2 aromatic carbocycles. The largest absolute Gasteiger partial charge is 0.496 e. The molecule has 1 saturated heterocycles. The molecule has 0 bridgehead atoms. The number of rotatable bonds is 7. The maximum atomic E-state index is 14.5. The lowest BCUT2D eigenvalue weighted by atomic mass is 9.92. The molecule has 2 unspecified atom stereocenters. The Morgan fingerprint density at radius 2 is 2.18 bits per heavy atom. The third kappa shape index (κ3) is 5.73. The van der Waals surface area contributed by atoms with Gasteiger partial charge >= 0.3 is 0 Å². The molecular weight excluding hydrogens is 497 g/mol. The van der Waals surface area contributed by atoms with Crippen LogP contribution in [0.5, 0.6) is 5.75 Å². The van der Waals surface area contributed by atoms with Gasteiger partial charge in [0, 0.05) is 55.5 Å². The molecule has 2 aliphatic heterocycles. The van der Waals surface area contributed by atoms with Gasteiger partial charge in [-0.2, -0.15) is 0 Å². The van der Waals surface area contributed by atoms with Crippen LogP contribution in [-0.2, 0) is 11.3 Å². The topological polar surface area (TPSA) is 102 Å². The van der Waals surface area contributed by atoms with E-state index in [1.54, 1.807) is 44.5 Å². The smallest absolute Gasteiger partial charge is 0.251 e. The van der Waals surface area contributed by atoms with Gasteiger partial charge in [-0.25, -0.2) is 9.38 Å². The van der Waals surface area contributed by atoms with Crippen LogP contribution in [-0.4, -0.2) is 61.7 Å². The second-order valence-corrected chi connectivity index (χ2v) is 10.1. The first-order valence-corrected chi connectivity index (χ1v) is 13.2. The molecule has 0 aromatic heterocycles. The molecule has 0 saturated carbocycles. The number of hydrogen-bond acceptors (Lipinski definition) is 7. The third-order valence-corrected chi connectivity index (χ3v) is 7.38. The van der Waals surface area contributed by atoms with Crippen LogP contribution in [0.4, 0.5) is 10.1 Å². The second kappa shape index (κ2) is 11.4. The number of methoxy groups -OCH3 is 1. The number of benzene rings is 2. The van der Waals surface area contributed by atoms with Crippen LogP contribution in [0.1, 0.15) is 47.7 Å². The van der Waals surface area contributed by atoms with Crippen LogP contribution in [0.3, 0.4) is 0 Å². The van der Waals surface area contributed by atoms with Crippen LogP contribution >= 0.6 is 0 Å². The van der Waals surface area contributed by atoms with Crippen LogP contribution in [0, 0.1) is 5.82 Å². The number of nitrogens with zero attached hydrogens (tertiary/aromatic N) is 3. The van der Waals surface area contributed by atoms with Crippen molar-refractivity contribution in [3.63, 3.8) is 0 Å². The van der Waals surface area contributed by atoms with Gasteiger partial charge in [0.1, 0.15) is 23.4 Å². The third-order valence-electron chi connectivity index (χ3n) is 7.38. The van der Waals surface area contributed by atoms with E-state index in [0.717, 1.165) is 30.7 Å². The Hall–Kier alpha value is -3.98. The Balaban J connectivity index is 1.28. The Bertz CT molecular complexity index is 1400. The number of aliphatic imine (C=N–C) groups is 2. The average molecular weight is 532 g/mol. The van der Waals surface area contributed by atoms with Gasteiger partial charge in [0.15, 0.2) is 5.90 Å². The quantitative estimate of drug-likeness (QED) is 0.411. The fourth-order valence-corrected chi connectivity index (χ4v) is 5.46. The number of hydrogen-bond donors (Lipinski definition) is 2. The van der Waals surface area contributed by atoms with Crippen molar-refractivity contribution in [3.05, 3.63) is 82.4 Å². The van der Waals surface area contributed by atoms with Gasteiger partial charge in [0.2, 0.25) is 0 Å². The highest BCUT2D eigenvalue weighted by molar-refractivity contribution is 6.18. The van der Waals surface area contributed by atoms with E-state index < -0.39 is 0 Å². The van der Waals surface area contributed by atoms with E-state index in [2.05, 4.69) is 26.3 Å². The lowest BCUT2D eigenvalue weighted by molar-refractivity contribution is 0.0899. The normalized spacial score (nSPS) is 21.3. The molecule has 1 amide bonds. The molecular formula is C30H34FN5O3. The lowest BCUT2D eigenvalue weighted by Gasteiger charge is -2.33. The van der Waals surface area contributed by atoms with E-state index in [1.165, 1.54) is 6.07 Å². The van der Waals surface area contributed by atoms with Gasteiger partial charge in [-0.1, -0.05) is 12.1 Å². The molecule has 9 heteroatoms. The van der Waals surface area contributed by atoms with E-state index in [1.807, 2.05) is 13.0 Å². The van der Waals surface area contributed by atoms with Gasteiger partial charge < -0.3 is 20.5 Å². The zero-order valence-electron chi connectivity index (χ0n) is 22.5. The zero-order chi connectivity index (χ0) is 27.5.